The van der Waals surface area contributed by atoms with Gasteiger partial charge >= 0.3 is 0 Å². The minimum Gasteiger partial charge on any atom is -0.361 e. The van der Waals surface area contributed by atoms with Gasteiger partial charge in [0.15, 0.2) is 0 Å². The molecule has 0 amide bonds. The fourth-order valence-electron chi connectivity index (χ4n) is 1.48. The van der Waals surface area contributed by atoms with Gasteiger partial charge in [-0.05, 0) is 20.8 Å². The lowest BCUT2D eigenvalue weighted by Crippen LogP contribution is -2.21. The van der Waals surface area contributed by atoms with Gasteiger partial charge in [-0.25, -0.2) is 4.39 Å². The van der Waals surface area contributed by atoms with Crippen LogP contribution in [0.1, 0.15) is 30.0 Å². The fourth-order valence-corrected chi connectivity index (χ4v) is 1.48. The van der Waals surface area contributed by atoms with Crippen LogP contribution in [-0.4, -0.2) is 18.4 Å². The van der Waals surface area contributed by atoms with Gasteiger partial charge in [-0.1, -0.05) is 5.16 Å². The minimum absolute atomic E-state index is 0.0991. The zero-order chi connectivity index (χ0) is 9.84. The predicted molar refractivity (Wildman–Crippen MR) is 48.4 cm³/mol. The second kappa shape index (κ2) is 4.37. The average molecular weight is 186 g/mol. The molecule has 1 unspecified atom stereocenters. The standard InChI is InChI=1S/C9H15FN2O/c1-6(11-5-4-10)9-7(2)12-13-8(9)3/h6,11H,4-5H2,1-3H3. The van der Waals surface area contributed by atoms with Crippen LogP contribution in [0.3, 0.4) is 0 Å². The summed E-state index contributed by atoms with van der Waals surface area (Å²) in [5.41, 5.74) is 1.91. The van der Waals surface area contributed by atoms with Crippen molar-refractivity contribution in [2.24, 2.45) is 0 Å². The SMILES string of the molecule is Cc1noc(C)c1C(C)NCCF. The van der Waals surface area contributed by atoms with Crippen molar-refractivity contribution in [3.05, 3.63) is 17.0 Å². The number of nitrogens with zero attached hydrogens (tertiary/aromatic N) is 1. The van der Waals surface area contributed by atoms with Crippen molar-refractivity contribution in [3.63, 3.8) is 0 Å². The van der Waals surface area contributed by atoms with Crippen LogP contribution in [0.4, 0.5) is 4.39 Å². The number of alkyl halides is 1. The van der Waals surface area contributed by atoms with Gasteiger partial charge in [0, 0.05) is 18.2 Å². The quantitative estimate of drug-likeness (QED) is 0.780. The number of aromatic nitrogens is 1. The number of halogens is 1. The molecule has 0 saturated carbocycles. The van der Waals surface area contributed by atoms with E-state index in [2.05, 4.69) is 10.5 Å². The zero-order valence-corrected chi connectivity index (χ0v) is 8.22. The summed E-state index contributed by atoms with van der Waals surface area (Å²) >= 11 is 0. The van der Waals surface area contributed by atoms with Crippen LogP contribution in [0.25, 0.3) is 0 Å². The highest BCUT2D eigenvalue weighted by Crippen LogP contribution is 2.20. The van der Waals surface area contributed by atoms with E-state index in [0.29, 0.717) is 6.54 Å². The Labute approximate surface area is 77.3 Å². The molecule has 1 atom stereocenters. The van der Waals surface area contributed by atoms with Gasteiger partial charge in [0.2, 0.25) is 0 Å². The molecule has 0 fully saturated rings. The fraction of sp³-hybridized carbons (Fsp3) is 0.667. The van der Waals surface area contributed by atoms with Crippen LogP contribution in [0.5, 0.6) is 0 Å². The lowest BCUT2D eigenvalue weighted by molar-refractivity contribution is 0.389. The van der Waals surface area contributed by atoms with Crippen LogP contribution in [0.2, 0.25) is 0 Å². The monoisotopic (exact) mass is 186 g/mol. The maximum atomic E-state index is 11.9. The predicted octanol–water partition coefficient (Wildman–Crippen LogP) is 1.91. The van der Waals surface area contributed by atoms with E-state index in [1.807, 2.05) is 20.8 Å². The van der Waals surface area contributed by atoms with Gasteiger partial charge in [-0.3, -0.25) is 0 Å². The smallest absolute Gasteiger partial charge is 0.138 e. The topological polar surface area (TPSA) is 38.1 Å². The van der Waals surface area contributed by atoms with Gasteiger partial charge in [-0.15, -0.1) is 0 Å². The van der Waals surface area contributed by atoms with E-state index < -0.39 is 0 Å². The normalized spacial score (nSPS) is 13.2. The summed E-state index contributed by atoms with van der Waals surface area (Å²) in [5.74, 6) is 0.802. The summed E-state index contributed by atoms with van der Waals surface area (Å²) in [6.07, 6.45) is 0. The highest BCUT2D eigenvalue weighted by molar-refractivity contribution is 5.24. The molecule has 0 aliphatic carbocycles. The molecule has 1 aromatic rings. The molecular weight excluding hydrogens is 171 g/mol. The molecule has 0 bridgehead atoms. The van der Waals surface area contributed by atoms with E-state index in [9.17, 15) is 4.39 Å². The Morgan fingerprint density at radius 1 is 1.54 bits per heavy atom. The van der Waals surface area contributed by atoms with E-state index in [0.717, 1.165) is 17.0 Å². The molecular formula is C9H15FN2O. The molecule has 0 aromatic carbocycles. The highest BCUT2D eigenvalue weighted by atomic mass is 19.1. The largest absolute Gasteiger partial charge is 0.361 e. The third-order valence-electron chi connectivity index (χ3n) is 2.07. The van der Waals surface area contributed by atoms with E-state index in [1.54, 1.807) is 0 Å². The number of rotatable bonds is 4. The van der Waals surface area contributed by atoms with E-state index in [4.69, 9.17) is 4.52 Å². The van der Waals surface area contributed by atoms with E-state index in [1.165, 1.54) is 0 Å². The molecule has 1 aromatic heterocycles. The number of nitrogens with one attached hydrogen (secondary N) is 1. The Balaban J connectivity index is 2.69. The van der Waals surface area contributed by atoms with Crippen molar-refractivity contribution >= 4 is 0 Å². The summed E-state index contributed by atoms with van der Waals surface area (Å²) in [7, 11) is 0. The Morgan fingerprint density at radius 3 is 2.69 bits per heavy atom. The van der Waals surface area contributed by atoms with Gasteiger partial charge in [-0.2, -0.15) is 0 Å². The molecule has 3 nitrogen and oxygen atoms in total. The van der Waals surface area contributed by atoms with Crippen molar-refractivity contribution in [1.82, 2.24) is 10.5 Å². The van der Waals surface area contributed by atoms with Crippen LogP contribution in [-0.2, 0) is 0 Å². The summed E-state index contributed by atoms with van der Waals surface area (Å²) in [6, 6.07) is 0.0991. The zero-order valence-electron chi connectivity index (χ0n) is 8.22. The van der Waals surface area contributed by atoms with Crippen molar-refractivity contribution in [3.8, 4) is 0 Å². The Kier molecular flexibility index (Phi) is 3.42. The summed E-state index contributed by atoms with van der Waals surface area (Å²) in [6.45, 7) is 5.74. The molecule has 1 heterocycles. The first-order valence-electron chi connectivity index (χ1n) is 4.39. The number of aryl methyl sites for hydroxylation is 2. The van der Waals surface area contributed by atoms with Crippen molar-refractivity contribution < 1.29 is 8.91 Å². The molecule has 0 spiro atoms. The lowest BCUT2D eigenvalue weighted by Gasteiger charge is -2.11. The molecule has 0 aliphatic heterocycles. The molecule has 74 valence electrons. The molecule has 0 saturated heterocycles. The van der Waals surface area contributed by atoms with E-state index in [-0.39, 0.29) is 12.7 Å². The van der Waals surface area contributed by atoms with Crippen LogP contribution >= 0.6 is 0 Å². The average Bonchev–Trinajstić information content (AvgIpc) is 2.42. The molecule has 4 heteroatoms. The van der Waals surface area contributed by atoms with Crippen LogP contribution < -0.4 is 5.32 Å². The second-order valence-electron chi connectivity index (χ2n) is 3.10. The summed E-state index contributed by atoms with van der Waals surface area (Å²) in [5, 5.41) is 6.88. The highest BCUT2D eigenvalue weighted by Gasteiger charge is 2.15. The van der Waals surface area contributed by atoms with Crippen LogP contribution in [0, 0.1) is 13.8 Å². The van der Waals surface area contributed by atoms with Gasteiger partial charge in [0.25, 0.3) is 0 Å². The second-order valence-corrected chi connectivity index (χ2v) is 3.10. The molecule has 1 N–H and O–H groups in total. The first-order valence-corrected chi connectivity index (χ1v) is 4.39. The Bertz CT molecular complexity index is 253. The first-order chi connectivity index (χ1) is 6.16. The van der Waals surface area contributed by atoms with Crippen molar-refractivity contribution in [2.45, 2.75) is 26.8 Å². The van der Waals surface area contributed by atoms with Crippen molar-refractivity contribution in [2.75, 3.05) is 13.2 Å². The third-order valence-corrected chi connectivity index (χ3v) is 2.07. The molecule has 0 aliphatic rings. The van der Waals surface area contributed by atoms with Gasteiger partial charge in [0.05, 0.1) is 5.69 Å². The molecule has 0 radical (unpaired) electrons. The lowest BCUT2D eigenvalue weighted by atomic mass is 10.1. The number of hydrogen-bond donors (Lipinski definition) is 1. The number of hydrogen-bond acceptors (Lipinski definition) is 3. The van der Waals surface area contributed by atoms with Crippen LogP contribution in [0.15, 0.2) is 4.52 Å². The van der Waals surface area contributed by atoms with E-state index >= 15 is 0 Å². The first kappa shape index (κ1) is 10.2. The summed E-state index contributed by atoms with van der Waals surface area (Å²) in [4.78, 5) is 0. The molecule has 1 rings (SSSR count). The summed E-state index contributed by atoms with van der Waals surface area (Å²) < 4.78 is 16.9. The third kappa shape index (κ3) is 2.28. The van der Waals surface area contributed by atoms with Crippen molar-refractivity contribution in [1.29, 1.82) is 0 Å². The minimum atomic E-state index is -0.353. The molecule has 13 heavy (non-hydrogen) atoms. The Morgan fingerprint density at radius 2 is 2.23 bits per heavy atom. The maximum absolute atomic E-state index is 11.9. The van der Waals surface area contributed by atoms with Gasteiger partial charge < -0.3 is 9.84 Å². The maximum Gasteiger partial charge on any atom is 0.138 e. The van der Waals surface area contributed by atoms with Gasteiger partial charge in [0.1, 0.15) is 12.4 Å². The Hall–Kier alpha value is -0.900.